The van der Waals surface area contributed by atoms with Crippen LogP contribution in [0.15, 0.2) is 48.7 Å². The monoisotopic (exact) mass is 370 g/mol. The minimum Gasteiger partial charge on any atom is -0.466 e. The number of pyridine rings is 1. The predicted octanol–water partition coefficient (Wildman–Crippen LogP) is 4.04. The zero-order chi connectivity index (χ0) is 18.1. The Morgan fingerprint density at radius 2 is 1.96 bits per heavy atom. The maximum absolute atomic E-state index is 12.8. The van der Waals surface area contributed by atoms with Gasteiger partial charge >= 0.3 is 5.97 Å². The number of nitrogens with zero attached hydrogens (tertiary/aromatic N) is 2. The summed E-state index contributed by atoms with van der Waals surface area (Å²) in [5.74, 6) is -0.112. The van der Waals surface area contributed by atoms with Gasteiger partial charge in [-0.3, -0.25) is 9.69 Å². The third-order valence-corrected chi connectivity index (χ3v) is 5.95. The van der Waals surface area contributed by atoms with Crippen LogP contribution in [0.25, 0.3) is 0 Å². The van der Waals surface area contributed by atoms with Gasteiger partial charge in [0.2, 0.25) is 0 Å². The summed E-state index contributed by atoms with van der Waals surface area (Å²) in [7, 11) is 0. The summed E-state index contributed by atoms with van der Waals surface area (Å²) in [5, 5.41) is 0.478. The number of halogens is 1. The normalized spacial score (nSPS) is 27.6. The molecule has 2 fully saturated rings. The van der Waals surface area contributed by atoms with E-state index in [1.54, 1.807) is 0 Å². The smallest absolute Gasteiger partial charge is 0.311 e. The number of aromatic nitrogens is 1. The van der Waals surface area contributed by atoms with Gasteiger partial charge in [-0.05, 0) is 37.0 Å². The summed E-state index contributed by atoms with van der Waals surface area (Å²) < 4.78 is 5.44. The molecule has 0 N–H and O–H groups in total. The fraction of sp³-hybridized carbons (Fsp3) is 0.429. The first-order valence-corrected chi connectivity index (χ1v) is 9.64. The van der Waals surface area contributed by atoms with E-state index in [9.17, 15) is 4.79 Å². The quantitative estimate of drug-likeness (QED) is 0.588. The number of carbonyl (C=O) groups is 1. The number of hydrogen-bond acceptors (Lipinski definition) is 4. The highest BCUT2D eigenvalue weighted by atomic mass is 35.5. The molecule has 2 aliphatic rings. The van der Waals surface area contributed by atoms with Crippen LogP contribution in [-0.4, -0.2) is 34.5 Å². The maximum Gasteiger partial charge on any atom is 0.311 e. The van der Waals surface area contributed by atoms with Crippen LogP contribution in [0.3, 0.4) is 0 Å². The molecular formula is C21H23ClN2O2. The fourth-order valence-corrected chi connectivity index (χ4v) is 4.87. The minimum atomic E-state index is -0.139. The third-order valence-electron chi connectivity index (χ3n) is 5.73. The van der Waals surface area contributed by atoms with Crippen LogP contribution >= 0.6 is 11.6 Å². The highest BCUT2D eigenvalue weighted by molar-refractivity contribution is 6.29. The molecule has 0 unspecified atom stereocenters. The molecule has 0 aliphatic carbocycles. The molecule has 3 heterocycles. The zero-order valence-electron chi connectivity index (χ0n) is 14.8. The van der Waals surface area contributed by atoms with Crippen molar-refractivity contribution < 1.29 is 9.53 Å². The second-order valence-electron chi connectivity index (χ2n) is 7.09. The van der Waals surface area contributed by atoms with Gasteiger partial charge in [0.15, 0.2) is 0 Å². The van der Waals surface area contributed by atoms with Crippen molar-refractivity contribution in [1.29, 1.82) is 0 Å². The van der Waals surface area contributed by atoms with Crippen LogP contribution in [0.2, 0.25) is 5.15 Å². The lowest BCUT2D eigenvalue weighted by molar-refractivity contribution is -0.149. The Balaban J connectivity index is 1.66. The van der Waals surface area contributed by atoms with Gasteiger partial charge in [0, 0.05) is 30.7 Å². The Kier molecular flexibility index (Phi) is 4.96. The zero-order valence-corrected chi connectivity index (χ0v) is 15.6. The second kappa shape index (κ2) is 7.37. The number of fused-ring (bicyclic) bond motifs is 2. The van der Waals surface area contributed by atoms with E-state index in [0.29, 0.717) is 17.8 Å². The van der Waals surface area contributed by atoms with E-state index < -0.39 is 0 Å². The molecule has 0 amide bonds. The van der Waals surface area contributed by atoms with Crippen molar-refractivity contribution >= 4 is 17.6 Å². The van der Waals surface area contributed by atoms with Gasteiger partial charge in [-0.15, -0.1) is 0 Å². The number of esters is 1. The first-order chi connectivity index (χ1) is 12.7. The van der Waals surface area contributed by atoms with Gasteiger partial charge in [0.05, 0.1) is 12.5 Å². The predicted molar refractivity (Wildman–Crippen MR) is 101 cm³/mol. The molecular weight excluding hydrogens is 348 g/mol. The Morgan fingerprint density at radius 1 is 1.19 bits per heavy atom. The van der Waals surface area contributed by atoms with E-state index in [-0.39, 0.29) is 23.8 Å². The summed E-state index contributed by atoms with van der Waals surface area (Å²) in [6.45, 7) is 3.15. The highest BCUT2D eigenvalue weighted by Gasteiger charge is 2.56. The first-order valence-electron chi connectivity index (χ1n) is 9.26. The lowest BCUT2D eigenvalue weighted by atomic mass is 9.76. The van der Waals surface area contributed by atoms with E-state index in [1.807, 2.05) is 31.3 Å². The fourth-order valence-electron chi connectivity index (χ4n) is 4.75. The van der Waals surface area contributed by atoms with Crippen LogP contribution in [0, 0.1) is 5.92 Å². The maximum atomic E-state index is 12.8. The summed E-state index contributed by atoms with van der Waals surface area (Å²) in [6.07, 6.45) is 3.96. The Morgan fingerprint density at radius 3 is 2.65 bits per heavy atom. The SMILES string of the molecule is CCOC(=O)[C@@H]1[C@H](c2ccc(Cl)nc2)[C@H]2CC[C@@H]1N2Cc1ccccc1. The van der Waals surface area contributed by atoms with E-state index >= 15 is 0 Å². The van der Waals surface area contributed by atoms with Crippen molar-refractivity contribution in [3.05, 3.63) is 64.9 Å². The number of benzene rings is 1. The average molecular weight is 371 g/mol. The first kappa shape index (κ1) is 17.5. The molecule has 1 aromatic carbocycles. The van der Waals surface area contributed by atoms with Crippen LogP contribution in [-0.2, 0) is 16.1 Å². The minimum absolute atomic E-state index is 0.0855. The van der Waals surface area contributed by atoms with E-state index in [0.717, 1.165) is 24.9 Å². The largest absolute Gasteiger partial charge is 0.466 e. The molecule has 136 valence electrons. The van der Waals surface area contributed by atoms with E-state index in [4.69, 9.17) is 16.3 Å². The van der Waals surface area contributed by atoms with E-state index in [1.165, 1.54) is 5.56 Å². The Bertz CT molecular complexity index is 765. The summed E-state index contributed by atoms with van der Waals surface area (Å²) in [4.78, 5) is 19.5. The van der Waals surface area contributed by atoms with Crippen molar-refractivity contribution in [3.63, 3.8) is 0 Å². The highest BCUT2D eigenvalue weighted by Crippen LogP contribution is 2.51. The molecule has 4 atom stereocenters. The second-order valence-corrected chi connectivity index (χ2v) is 7.48. The standard InChI is InChI=1S/C21H23ClN2O2/c1-2-26-21(25)20-17-10-9-16(19(20)15-8-11-18(22)23-12-15)24(17)13-14-6-4-3-5-7-14/h3-8,11-12,16-17,19-20H,2,9-10,13H2,1H3/t16-,17+,19-,20+/m1/s1. The molecule has 26 heavy (non-hydrogen) atoms. The molecule has 2 aliphatic heterocycles. The van der Waals surface area contributed by atoms with Gasteiger partial charge in [-0.2, -0.15) is 0 Å². The lowest BCUT2D eigenvalue weighted by Crippen LogP contribution is -2.34. The summed E-state index contributed by atoms with van der Waals surface area (Å²) >= 11 is 5.97. The molecule has 2 aromatic rings. The third kappa shape index (κ3) is 3.12. The summed E-state index contributed by atoms with van der Waals surface area (Å²) in [5.41, 5.74) is 2.36. The lowest BCUT2D eigenvalue weighted by Gasteiger charge is -2.27. The summed E-state index contributed by atoms with van der Waals surface area (Å²) in [6, 6.07) is 14.8. The molecule has 2 bridgehead atoms. The van der Waals surface area contributed by atoms with Gasteiger partial charge in [0.1, 0.15) is 5.15 Å². The molecule has 0 spiro atoms. The number of ether oxygens (including phenoxy) is 1. The number of rotatable bonds is 5. The Hall–Kier alpha value is -1.91. The number of carbonyl (C=O) groups excluding carboxylic acids is 1. The van der Waals surface area contributed by atoms with Crippen molar-refractivity contribution in [2.24, 2.45) is 5.92 Å². The van der Waals surface area contributed by atoms with Crippen molar-refractivity contribution in [1.82, 2.24) is 9.88 Å². The van der Waals surface area contributed by atoms with Crippen LogP contribution in [0.1, 0.15) is 36.8 Å². The number of hydrogen-bond donors (Lipinski definition) is 0. The molecule has 4 nitrogen and oxygen atoms in total. The Labute approximate surface area is 159 Å². The van der Waals surface area contributed by atoms with Crippen molar-refractivity contribution in [2.75, 3.05) is 6.61 Å². The van der Waals surface area contributed by atoms with Crippen LogP contribution < -0.4 is 0 Å². The molecule has 4 rings (SSSR count). The van der Waals surface area contributed by atoms with Crippen LogP contribution in [0.4, 0.5) is 0 Å². The van der Waals surface area contributed by atoms with Gasteiger partial charge < -0.3 is 4.74 Å². The molecule has 0 saturated carbocycles. The van der Waals surface area contributed by atoms with Crippen molar-refractivity contribution in [2.45, 2.75) is 44.3 Å². The van der Waals surface area contributed by atoms with Gasteiger partial charge in [0.25, 0.3) is 0 Å². The van der Waals surface area contributed by atoms with Crippen molar-refractivity contribution in [3.8, 4) is 0 Å². The van der Waals surface area contributed by atoms with E-state index in [2.05, 4.69) is 34.1 Å². The van der Waals surface area contributed by atoms with Crippen LogP contribution in [0.5, 0.6) is 0 Å². The van der Waals surface area contributed by atoms with Gasteiger partial charge in [-0.1, -0.05) is 48.0 Å². The topological polar surface area (TPSA) is 42.4 Å². The molecule has 2 saturated heterocycles. The molecule has 1 aromatic heterocycles. The molecule has 0 radical (unpaired) electrons. The van der Waals surface area contributed by atoms with Gasteiger partial charge in [-0.25, -0.2) is 4.98 Å². The molecule has 5 heteroatoms. The average Bonchev–Trinajstić information content (AvgIpc) is 3.18.